The molecule has 0 unspecified atom stereocenters. The number of pyridine rings is 1. The molecule has 2 amide bonds. The molecule has 0 fully saturated rings. The van der Waals surface area contributed by atoms with Gasteiger partial charge in [0.25, 0.3) is 0 Å². The van der Waals surface area contributed by atoms with Crippen molar-refractivity contribution >= 4 is 23.2 Å². The largest absolute Gasteiger partial charge is 0.339 e. The van der Waals surface area contributed by atoms with Crippen molar-refractivity contribution in [3.8, 4) is 0 Å². The van der Waals surface area contributed by atoms with Gasteiger partial charge in [0.2, 0.25) is 17.7 Å². The number of amides is 2. The van der Waals surface area contributed by atoms with Crippen molar-refractivity contribution < 1.29 is 14.1 Å². The first-order valence-corrected chi connectivity index (χ1v) is 8.72. The lowest BCUT2D eigenvalue weighted by Gasteiger charge is -2.21. The van der Waals surface area contributed by atoms with Crippen molar-refractivity contribution in [3.05, 3.63) is 30.2 Å². The number of carbonyl (C=O) groups excluding carboxylic acids is 2. The zero-order valence-electron chi connectivity index (χ0n) is 15.3. The third-order valence-electron chi connectivity index (χ3n) is 4.15. The van der Waals surface area contributed by atoms with E-state index in [9.17, 15) is 9.59 Å². The summed E-state index contributed by atoms with van der Waals surface area (Å²) in [5.74, 6) is 1.05. The lowest BCUT2D eigenvalue weighted by molar-refractivity contribution is -0.118. The Morgan fingerprint density at radius 3 is 2.92 bits per heavy atom. The van der Waals surface area contributed by atoms with Crippen molar-refractivity contribution in [2.24, 2.45) is 0 Å². The van der Waals surface area contributed by atoms with Crippen molar-refractivity contribution in [1.29, 1.82) is 0 Å². The summed E-state index contributed by atoms with van der Waals surface area (Å²) in [6.45, 7) is 6.42. The first kappa shape index (κ1) is 18.0. The monoisotopic (exact) mass is 357 g/mol. The molecule has 0 saturated carbocycles. The van der Waals surface area contributed by atoms with E-state index < -0.39 is 0 Å². The maximum atomic E-state index is 12.7. The van der Waals surface area contributed by atoms with Gasteiger partial charge in [-0.05, 0) is 12.5 Å². The van der Waals surface area contributed by atoms with Gasteiger partial charge in [-0.25, -0.2) is 0 Å². The highest BCUT2D eigenvalue weighted by atomic mass is 16.5. The van der Waals surface area contributed by atoms with Crippen LogP contribution in [-0.4, -0.2) is 33.5 Å². The second-order valence-electron chi connectivity index (χ2n) is 7.35. The number of fused-ring (bicyclic) bond motifs is 1. The molecule has 3 heterocycles. The molecule has 1 N–H and O–H groups in total. The minimum atomic E-state index is -0.166. The summed E-state index contributed by atoms with van der Waals surface area (Å²) < 4.78 is 5.26. The van der Waals surface area contributed by atoms with Gasteiger partial charge in [0.15, 0.2) is 5.82 Å². The van der Waals surface area contributed by atoms with Crippen molar-refractivity contribution in [2.45, 2.75) is 51.9 Å². The molecule has 1 aliphatic rings. The number of hydrogen-bond acceptors (Lipinski definition) is 6. The highest BCUT2D eigenvalue weighted by Gasteiger charge is 2.24. The Kier molecular flexibility index (Phi) is 5.01. The van der Waals surface area contributed by atoms with E-state index in [2.05, 4.69) is 20.4 Å². The van der Waals surface area contributed by atoms with Crippen LogP contribution in [-0.2, 0) is 21.4 Å². The minimum Gasteiger partial charge on any atom is -0.339 e. The number of nitrogens with zero attached hydrogens (tertiary/aromatic N) is 4. The van der Waals surface area contributed by atoms with Crippen LogP contribution < -0.4 is 10.2 Å². The first-order valence-electron chi connectivity index (χ1n) is 8.72. The van der Waals surface area contributed by atoms with Crippen LogP contribution in [0.25, 0.3) is 0 Å². The van der Waals surface area contributed by atoms with Gasteiger partial charge < -0.3 is 14.7 Å². The van der Waals surface area contributed by atoms with Gasteiger partial charge in [-0.15, -0.1) is 0 Å². The molecular formula is C18H23N5O3. The van der Waals surface area contributed by atoms with Crippen LogP contribution >= 0.6 is 0 Å². The fourth-order valence-electron chi connectivity index (χ4n) is 2.71. The lowest BCUT2D eigenvalue weighted by Crippen LogP contribution is -2.31. The molecule has 2 aromatic heterocycles. The molecule has 0 aliphatic carbocycles. The van der Waals surface area contributed by atoms with Gasteiger partial charge in [0.05, 0.1) is 17.6 Å². The van der Waals surface area contributed by atoms with Crippen LogP contribution in [0.3, 0.4) is 0 Å². The molecule has 0 aromatic carbocycles. The Balaban J connectivity index is 1.62. The molecule has 0 bridgehead atoms. The maximum absolute atomic E-state index is 12.7. The van der Waals surface area contributed by atoms with Crippen LogP contribution in [0.15, 0.2) is 23.0 Å². The number of aryl methyl sites for hydroxylation is 1. The average molecular weight is 357 g/mol. The zero-order chi connectivity index (χ0) is 18.7. The van der Waals surface area contributed by atoms with Gasteiger partial charge >= 0.3 is 0 Å². The number of hydrogen-bond donors (Lipinski definition) is 1. The van der Waals surface area contributed by atoms with Crippen molar-refractivity contribution in [3.63, 3.8) is 0 Å². The molecule has 1 aliphatic heterocycles. The number of rotatable bonds is 4. The van der Waals surface area contributed by atoms with E-state index >= 15 is 0 Å². The molecule has 8 heteroatoms. The number of anilines is 2. The molecular weight excluding hydrogens is 334 g/mol. The SMILES string of the molecule is CC(C)(C)c1noc(CCCC(=O)N2CCC(=O)Nc3cnccc32)n1. The second-order valence-corrected chi connectivity index (χ2v) is 7.35. The summed E-state index contributed by atoms with van der Waals surface area (Å²) in [7, 11) is 0. The van der Waals surface area contributed by atoms with E-state index in [1.54, 1.807) is 23.4 Å². The van der Waals surface area contributed by atoms with Gasteiger partial charge in [-0.3, -0.25) is 14.6 Å². The Bertz CT molecular complexity index is 809. The predicted molar refractivity (Wildman–Crippen MR) is 95.8 cm³/mol. The Hall–Kier alpha value is -2.77. The topological polar surface area (TPSA) is 101 Å². The molecule has 3 rings (SSSR count). The normalized spacial score (nSPS) is 14.6. The molecule has 2 aromatic rings. The molecule has 138 valence electrons. The molecule has 0 saturated heterocycles. The Morgan fingerprint density at radius 2 is 2.19 bits per heavy atom. The first-order chi connectivity index (χ1) is 12.3. The summed E-state index contributed by atoms with van der Waals surface area (Å²) in [6.07, 6.45) is 4.92. The van der Waals surface area contributed by atoms with Gasteiger partial charge in [-0.2, -0.15) is 4.98 Å². The highest BCUT2D eigenvalue weighted by Crippen LogP contribution is 2.28. The third-order valence-corrected chi connectivity index (χ3v) is 4.15. The van der Waals surface area contributed by atoms with Crippen molar-refractivity contribution in [1.82, 2.24) is 15.1 Å². The summed E-state index contributed by atoms with van der Waals surface area (Å²) >= 11 is 0. The molecule has 0 spiro atoms. The van der Waals surface area contributed by atoms with Crippen molar-refractivity contribution in [2.75, 3.05) is 16.8 Å². The molecule has 26 heavy (non-hydrogen) atoms. The van der Waals surface area contributed by atoms with Crippen LogP contribution in [0, 0.1) is 0 Å². The summed E-state index contributed by atoms with van der Waals surface area (Å²) in [5.41, 5.74) is 1.08. The van der Waals surface area contributed by atoms with E-state index in [1.165, 1.54) is 0 Å². The van der Waals surface area contributed by atoms with Crippen LogP contribution in [0.5, 0.6) is 0 Å². The van der Waals surface area contributed by atoms with E-state index in [4.69, 9.17) is 4.52 Å². The summed E-state index contributed by atoms with van der Waals surface area (Å²) in [6, 6.07) is 1.74. The Labute approximate surface area is 152 Å². The molecule has 0 radical (unpaired) electrons. The fraction of sp³-hybridized carbons (Fsp3) is 0.500. The lowest BCUT2D eigenvalue weighted by atomic mass is 9.96. The van der Waals surface area contributed by atoms with E-state index in [1.807, 2.05) is 20.8 Å². The highest BCUT2D eigenvalue weighted by molar-refractivity contribution is 6.03. The number of nitrogens with one attached hydrogen (secondary N) is 1. The van der Waals surface area contributed by atoms with Crippen LogP contribution in [0.2, 0.25) is 0 Å². The minimum absolute atomic E-state index is 0.0375. The smallest absolute Gasteiger partial charge is 0.227 e. The van der Waals surface area contributed by atoms with Crippen LogP contribution in [0.1, 0.15) is 51.7 Å². The van der Waals surface area contributed by atoms with Gasteiger partial charge in [0.1, 0.15) is 0 Å². The standard InChI is InChI=1S/C18H23N5O3/c1-18(2,3)17-21-15(26-22-17)5-4-6-16(25)23-10-8-14(24)20-12-11-19-9-7-13(12)23/h7,9,11H,4-6,8,10H2,1-3H3,(H,20,24). The maximum Gasteiger partial charge on any atom is 0.227 e. The summed E-state index contributed by atoms with van der Waals surface area (Å²) in [4.78, 5) is 34.5. The van der Waals surface area contributed by atoms with Gasteiger partial charge in [0, 0.05) is 37.4 Å². The fourth-order valence-corrected chi connectivity index (χ4v) is 2.71. The van der Waals surface area contributed by atoms with E-state index in [0.717, 1.165) is 0 Å². The van der Waals surface area contributed by atoms with E-state index in [0.29, 0.717) is 48.9 Å². The molecule has 8 nitrogen and oxygen atoms in total. The summed E-state index contributed by atoms with van der Waals surface area (Å²) in [5, 5.41) is 6.77. The average Bonchev–Trinajstić information content (AvgIpc) is 2.99. The Morgan fingerprint density at radius 1 is 1.38 bits per heavy atom. The number of aromatic nitrogens is 3. The van der Waals surface area contributed by atoms with E-state index in [-0.39, 0.29) is 23.7 Å². The van der Waals surface area contributed by atoms with Gasteiger partial charge in [-0.1, -0.05) is 25.9 Å². The predicted octanol–water partition coefficient (Wildman–Crippen LogP) is 2.46. The zero-order valence-corrected chi connectivity index (χ0v) is 15.3. The third kappa shape index (κ3) is 4.07. The quantitative estimate of drug-likeness (QED) is 0.902. The second kappa shape index (κ2) is 7.23. The molecule has 0 atom stereocenters. The van der Waals surface area contributed by atoms with Crippen LogP contribution in [0.4, 0.5) is 11.4 Å². The number of carbonyl (C=O) groups is 2.